The summed E-state index contributed by atoms with van der Waals surface area (Å²) in [6.07, 6.45) is 1.51. The molecule has 0 saturated carbocycles. The van der Waals surface area contributed by atoms with Gasteiger partial charge in [0.25, 0.3) is 0 Å². The first-order chi connectivity index (χ1) is 14.6. The van der Waals surface area contributed by atoms with Gasteiger partial charge in [0.2, 0.25) is 11.8 Å². The van der Waals surface area contributed by atoms with E-state index in [2.05, 4.69) is 47.9 Å². The molecule has 1 aromatic heterocycles. The van der Waals surface area contributed by atoms with Crippen LogP contribution in [0.5, 0.6) is 0 Å². The number of rotatable bonds is 7. The molecule has 1 aliphatic rings. The van der Waals surface area contributed by atoms with Crippen molar-refractivity contribution in [3.63, 3.8) is 0 Å². The first-order valence-electron chi connectivity index (χ1n) is 10.1. The van der Waals surface area contributed by atoms with E-state index in [-0.39, 0.29) is 24.4 Å². The third kappa shape index (κ3) is 4.78. The lowest BCUT2D eigenvalue weighted by molar-refractivity contribution is -0.117. The van der Waals surface area contributed by atoms with Gasteiger partial charge in [-0.15, -0.1) is 11.3 Å². The number of nitrogens with one attached hydrogen (secondary N) is 2. The van der Waals surface area contributed by atoms with Crippen LogP contribution in [0.1, 0.15) is 34.9 Å². The number of nitrogens with zero attached hydrogens (tertiary/aromatic N) is 1. The lowest BCUT2D eigenvalue weighted by atomic mass is 10.0. The van der Waals surface area contributed by atoms with Crippen LogP contribution < -0.4 is 15.5 Å². The van der Waals surface area contributed by atoms with Crippen LogP contribution in [0.2, 0.25) is 0 Å². The molecule has 4 rings (SSSR count). The van der Waals surface area contributed by atoms with Crippen molar-refractivity contribution in [1.29, 1.82) is 0 Å². The third-order valence-electron chi connectivity index (χ3n) is 5.24. The molecule has 30 heavy (non-hydrogen) atoms. The monoisotopic (exact) mass is 419 g/mol. The summed E-state index contributed by atoms with van der Waals surface area (Å²) < 4.78 is 0. The number of hydrogen-bond donors (Lipinski definition) is 2. The number of benzene rings is 2. The van der Waals surface area contributed by atoms with E-state index in [0.29, 0.717) is 6.42 Å². The lowest BCUT2D eigenvalue weighted by Crippen LogP contribution is -2.31. The smallest absolute Gasteiger partial charge is 0.238 e. The van der Waals surface area contributed by atoms with Crippen LogP contribution in [0.3, 0.4) is 0 Å². The maximum absolute atomic E-state index is 12.5. The summed E-state index contributed by atoms with van der Waals surface area (Å²) in [4.78, 5) is 27.4. The van der Waals surface area contributed by atoms with Crippen molar-refractivity contribution < 1.29 is 9.59 Å². The Kier molecular flexibility index (Phi) is 6.26. The molecular formula is C24H25N3O2S. The average molecular weight is 420 g/mol. The minimum Gasteiger partial charge on any atom is -0.325 e. The predicted molar refractivity (Wildman–Crippen MR) is 122 cm³/mol. The van der Waals surface area contributed by atoms with Gasteiger partial charge >= 0.3 is 0 Å². The van der Waals surface area contributed by atoms with Crippen LogP contribution >= 0.6 is 11.3 Å². The molecule has 1 fully saturated rings. The fourth-order valence-electron chi connectivity index (χ4n) is 3.64. The molecular weight excluding hydrogens is 394 g/mol. The Labute approximate surface area is 180 Å². The van der Waals surface area contributed by atoms with Crippen molar-refractivity contribution in [2.45, 2.75) is 25.8 Å². The summed E-state index contributed by atoms with van der Waals surface area (Å²) in [6.45, 7) is 3.02. The summed E-state index contributed by atoms with van der Waals surface area (Å²) in [7, 11) is 0. The molecule has 2 aromatic carbocycles. The minimum atomic E-state index is -0.103. The molecule has 1 saturated heterocycles. The molecule has 0 aliphatic carbocycles. The Balaban J connectivity index is 1.38. The molecule has 0 unspecified atom stereocenters. The van der Waals surface area contributed by atoms with Crippen molar-refractivity contribution in [3.8, 4) is 0 Å². The van der Waals surface area contributed by atoms with Gasteiger partial charge in [-0.25, -0.2) is 0 Å². The Bertz CT molecular complexity index is 998. The average Bonchev–Trinajstić information content (AvgIpc) is 3.42. The zero-order valence-corrected chi connectivity index (χ0v) is 17.7. The molecule has 1 aliphatic heterocycles. The van der Waals surface area contributed by atoms with E-state index < -0.39 is 0 Å². The van der Waals surface area contributed by atoms with Gasteiger partial charge in [-0.05, 0) is 54.6 Å². The second-order valence-electron chi connectivity index (χ2n) is 7.48. The molecule has 3 aromatic rings. The highest BCUT2D eigenvalue weighted by Gasteiger charge is 2.21. The molecule has 2 amide bonds. The van der Waals surface area contributed by atoms with Crippen LogP contribution in [0.15, 0.2) is 66.0 Å². The number of anilines is 2. The molecule has 2 heterocycles. The van der Waals surface area contributed by atoms with E-state index in [0.717, 1.165) is 29.9 Å². The highest BCUT2D eigenvalue weighted by molar-refractivity contribution is 7.10. The lowest BCUT2D eigenvalue weighted by Gasteiger charge is -2.19. The van der Waals surface area contributed by atoms with Gasteiger partial charge in [0.05, 0.1) is 12.6 Å². The second-order valence-corrected chi connectivity index (χ2v) is 8.46. The topological polar surface area (TPSA) is 61.4 Å². The van der Waals surface area contributed by atoms with Gasteiger partial charge < -0.3 is 10.2 Å². The Morgan fingerprint density at radius 3 is 2.50 bits per heavy atom. The van der Waals surface area contributed by atoms with Crippen LogP contribution in [0, 0.1) is 6.92 Å². The van der Waals surface area contributed by atoms with Crippen LogP contribution in [-0.2, 0) is 9.59 Å². The zero-order chi connectivity index (χ0) is 20.9. The maximum Gasteiger partial charge on any atom is 0.238 e. The summed E-state index contributed by atoms with van der Waals surface area (Å²) in [5, 5.41) is 8.36. The van der Waals surface area contributed by atoms with Gasteiger partial charge in [0.15, 0.2) is 0 Å². The van der Waals surface area contributed by atoms with Gasteiger partial charge in [0.1, 0.15) is 0 Å². The van der Waals surface area contributed by atoms with Crippen molar-refractivity contribution in [2.75, 3.05) is 23.3 Å². The van der Waals surface area contributed by atoms with Crippen LogP contribution in [0.4, 0.5) is 11.4 Å². The van der Waals surface area contributed by atoms with E-state index >= 15 is 0 Å². The summed E-state index contributed by atoms with van der Waals surface area (Å²) >= 11 is 1.67. The summed E-state index contributed by atoms with van der Waals surface area (Å²) in [5.41, 5.74) is 3.95. The molecule has 0 radical (unpaired) electrons. The highest BCUT2D eigenvalue weighted by Crippen LogP contribution is 2.26. The fraction of sp³-hybridized carbons (Fsp3) is 0.250. The zero-order valence-electron chi connectivity index (χ0n) is 16.9. The summed E-state index contributed by atoms with van der Waals surface area (Å²) in [5.74, 6) is 0.0559. The Morgan fingerprint density at radius 1 is 1.10 bits per heavy atom. The number of aryl methyl sites for hydroxylation is 1. The Morgan fingerprint density at radius 2 is 1.87 bits per heavy atom. The quantitative estimate of drug-likeness (QED) is 0.593. The molecule has 1 atom stereocenters. The fourth-order valence-corrected chi connectivity index (χ4v) is 4.47. The van der Waals surface area contributed by atoms with Gasteiger partial charge in [-0.2, -0.15) is 0 Å². The molecule has 0 bridgehead atoms. The molecule has 5 nitrogen and oxygen atoms in total. The minimum absolute atomic E-state index is 0.0279. The standard InChI is InChI=1S/C24H25N3O2S/c1-17-6-8-18(9-7-17)24(21-4-3-15-30-21)25-16-22(28)26-19-10-12-20(13-11-19)27-14-2-5-23(27)29/h3-4,6-13,15,24-25H,2,5,14,16H2,1H3,(H,26,28)/t24-/m0/s1. The van der Waals surface area contributed by atoms with E-state index in [1.165, 1.54) is 10.4 Å². The van der Waals surface area contributed by atoms with Crippen molar-refractivity contribution in [3.05, 3.63) is 82.0 Å². The van der Waals surface area contributed by atoms with E-state index in [4.69, 9.17) is 0 Å². The van der Waals surface area contributed by atoms with E-state index in [1.54, 1.807) is 16.2 Å². The molecule has 6 heteroatoms. The molecule has 0 spiro atoms. The number of carbonyl (C=O) groups excluding carboxylic acids is 2. The number of thiophene rings is 1. The predicted octanol–water partition coefficient (Wildman–Crippen LogP) is 4.50. The second kappa shape index (κ2) is 9.24. The van der Waals surface area contributed by atoms with Crippen LogP contribution in [0.25, 0.3) is 0 Å². The molecule has 2 N–H and O–H groups in total. The van der Waals surface area contributed by atoms with Gasteiger partial charge in [0, 0.05) is 29.2 Å². The number of carbonyl (C=O) groups is 2. The van der Waals surface area contributed by atoms with E-state index in [1.807, 2.05) is 35.7 Å². The number of amides is 2. The van der Waals surface area contributed by atoms with Crippen molar-refractivity contribution in [2.24, 2.45) is 0 Å². The van der Waals surface area contributed by atoms with Crippen molar-refractivity contribution >= 4 is 34.5 Å². The van der Waals surface area contributed by atoms with Gasteiger partial charge in [-0.3, -0.25) is 14.9 Å². The SMILES string of the molecule is Cc1ccc([C@H](NCC(=O)Nc2ccc(N3CCCC3=O)cc2)c2cccs2)cc1. The number of hydrogen-bond acceptors (Lipinski definition) is 4. The van der Waals surface area contributed by atoms with Crippen LogP contribution in [-0.4, -0.2) is 24.9 Å². The normalized spacial score (nSPS) is 14.7. The maximum atomic E-state index is 12.5. The summed E-state index contributed by atoms with van der Waals surface area (Å²) in [6, 6.07) is 19.9. The van der Waals surface area contributed by atoms with E-state index in [9.17, 15) is 9.59 Å². The van der Waals surface area contributed by atoms with Crippen molar-refractivity contribution in [1.82, 2.24) is 5.32 Å². The largest absolute Gasteiger partial charge is 0.325 e. The Hall–Kier alpha value is -2.96. The first kappa shape index (κ1) is 20.3. The van der Waals surface area contributed by atoms with Gasteiger partial charge in [-0.1, -0.05) is 35.9 Å². The third-order valence-corrected chi connectivity index (χ3v) is 6.18. The highest BCUT2D eigenvalue weighted by atomic mass is 32.1. The molecule has 154 valence electrons. The first-order valence-corrected chi connectivity index (χ1v) is 11.0.